The van der Waals surface area contributed by atoms with Crippen molar-refractivity contribution in [3.05, 3.63) is 29.6 Å². The van der Waals surface area contributed by atoms with E-state index in [1.165, 1.54) is 12.1 Å². The summed E-state index contributed by atoms with van der Waals surface area (Å²) in [6.45, 7) is 8.26. The molecule has 0 spiro atoms. The molecule has 0 saturated carbocycles. The van der Waals surface area contributed by atoms with Gasteiger partial charge in [-0.3, -0.25) is 4.90 Å². The molecular weight excluding hydrogens is 257 g/mol. The van der Waals surface area contributed by atoms with Gasteiger partial charge in [0.15, 0.2) is 0 Å². The topological polar surface area (TPSA) is 32.7 Å². The van der Waals surface area contributed by atoms with Crippen molar-refractivity contribution in [2.45, 2.75) is 39.3 Å². The highest BCUT2D eigenvalue weighted by molar-refractivity contribution is 5.34. The molecule has 0 aliphatic carbocycles. The second-order valence-electron chi connectivity index (χ2n) is 6.57. The van der Waals surface area contributed by atoms with Crippen LogP contribution in [0, 0.1) is 11.2 Å². The number of aliphatic hydroxyl groups is 1. The van der Waals surface area contributed by atoms with Gasteiger partial charge < -0.3 is 9.84 Å². The molecular formula is C16H24FNO2. The lowest BCUT2D eigenvalue weighted by Gasteiger charge is -2.48. The maximum Gasteiger partial charge on any atom is 0.123 e. The van der Waals surface area contributed by atoms with Crippen molar-refractivity contribution in [3.63, 3.8) is 0 Å². The maximum absolute atomic E-state index is 13.4. The van der Waals surface area contributed by atoms with Crippen LogP contribution in [0.25, 0.3) is 0 Å². The third-order valence-corrected chi connectivity index (χ3v) is 4.63. The van der Waals surface area contributed by atoms with Crippen LogP contribution in [0.2, 0.25) is 0 Å². The van der Waals surface area contributed by atoms with Crippen LogP contribution in [0.4, 0.5) is 4.39 Å². The minimum atomic E-state index is -0.657. The molecule has 1 aromatic carbocycles. The third kappa shape index (κ3) is 2.96. The molecule has 112 valence electrons. The van der Waals surface area contributed by atoms with Crippen molar-refractivity contribution in [1.29, 1.82) is 0 Å². The molecule has 0 unspecified atom stereocenters. The van der Waals surface area contributed by atoms with Crippen LogP contribution in [0.5, 0.6) is 5.75 Å². The molecule has 1 aliphatic rings. The lowest BCUT2D eigenvalue weighted by atomic mass is 9.71. The zero-order valence-corrected chi connectivity index (χ0v) is 12.7. The van der Waals surface area contributed by atoms with Gasteiger partial charge >= 0.3 is 0 Å². The fourth-order valence-electron chi connectivity index (χ4n) is 2.77. The van der Waals surface area contributed by atoms with Crippen molar-refractivity contribution in [2.75, 3.05) is 20.2 Å². The average molecular weight is 281 g/mol. The van der Waals surface area contributed by atoms with Crippen LogP contribution < -0.4 is 4.74 Å². The van der Waals surface area contributed by atoms with Crippen molar-refractivity contribution < 1.29 is 14.2 Å². The van der Waals surface area contributed by atoms with Crippen LogP contribution in [0.3, 0.4) is 0 Å². The second-order valence-corrected chi connectivity index (χ2v) is 6.57. The third-order valence-electron chi connectivity index (χ3n) is 4.63. The Morgan fingerprint density at radius 1 is 1.35 bits per heavy atom. The van der Waals surface area contributed by atoms with Gasteiger partial charge in [-0.05, 0) is 31.5 Å². The molecule has 0 bridgehead atoms. The zero-order chi connectivity index (χ0) is 15.0. The largest absolute Gasteiger partial charge is 0.496 e. The minimum Gasteiger partial charge on any atom is -0.496 e. The number of likely N-dealkylation sites (tertiary alicyclic amines) is 1. The Hall–Kier alpha value is -1.13. The number of benzene rings is 1. The summed E-state index contributed by atoms with van der Waals surface area (Å²) in [7, 11) is 1.60. The van der Waals surface area contributed by atoms with Crippen molar-refractivity contribution in [3.8, 4) is 5.75 Å². The molecule has 1 fully saturated rings. The summed E-state index contributed by atoms with van der Waals surface area (Å²) in [5.74, 6) is 0.464. The molecule has 1 saturated heterocycles. The van der Waals surface area contributed by atoms with Gasteiger partial charge in [-0.1, -0.05) is 13.8 Å². The normalized spacial score (nSPS) is 26.5. The first-order chi connectivity index (χ1) is 9.25. The number of ether oxygens (including phenoxy) is 1. The van der Waals surface area contributed by atoms with E-state index >= 15 is 0 Å². The van der Waals surface area contributed by atoms with E-state index in [4.69, 9.17) is 4.74 Å². The zero-order valence-electron chi connectivity index (χ0n) is 12.7. The summed E-state index contributed by atoms with van der Waals surface area (Å²) in [5.41, 5.74) is 0.00581. The maximum atomic E-state index is 13.4. The highest BCUT2D eigenvalue weighted by atomic mass is 19.1. The van der Waals surface area contributed by atoms with Crippen LogP contribution >= 0.6 is 0 Å². The first-order valence-corrected chi connectivity index (χ1v) is 7.02. The number of nitrogens with zero attached hydrogens (tertiary/aromatic N) is 1. The molecule has 2 rings (SSSR count). The lowest BCUT2D eigenvalue weighted by molar-refractivity contribution is -0.107. The van der Waals surface area contributed by atoms with E-state index in [0.717, 1.165) is 25.1 Å². The number of rotatable bonds is 3. The molecule has 1 N–H and O–H groups in total. The molecule has 20 heavy (non-hydrogen) atoms. The number of methoxy groups -OCH3 is 1. The summed E-state index contributed by atoms with van der Waals surface area (Å²) in [4.78, 5) is 2.25. The second kappa shape index (κ2) is 5.34. The predicted octanol–water partition coefficient (Wildman–Crippen LogP) is 2.82. The quantitative estimate of drug-likeness (QED) is 0.924. The summed E-state index contributed by atoms with van der Waals surface area (Å²) in [6, 6.07) is 4.60. The smallest absolute Gasteiger partial charge is 0.123 e. The molecule has 0 amide bonds. The Balaban J connectivity index is 2.14. The van der Waals surface area contributed by atoms with Crippen LogP contribution in [0.15, 0.2) is 18.2 Å². The first kappa shape index (κ1) is 15.3. The molecule has 0 aromatic heterocycles. The molecule has 1 heterocycles. The van der Waals surface area contributed by atoms with E-state index in [9.17, 15) is 9.50 Å². The van der Waals surface area contributed by atoms with Gasteiger partial charge in [0, 0.05) is 30.6 Å². The highest BCUT2D eigenvalue weighted by Crippen LogP contribution is 2.39. The fourth-order valence-corrected chi connectivity index (χ4v) is 2.77. The lowest BCUT2D eigenvalue weighted by Crippen LogP contribution is -2.55. The van der Waals surface area contributed by atoms with Gasteiger partial charge in [-0.15, -0.1) is 0 Å². The number of halogens is 1. The van der Waals surface area contributed by atoms with Crippen LogP contribution in [-0.2, 0) is 6.54 Å². The van der Waals surface area contributed by atoms with Crippen LogP contribution in [0.1, 0.15) is 32.8 Å². The predicted molar refractivity (Wildman–Crippen MR) is 77.3 cm³/mol. The molecule has 1 aromatic rings. The van der Waals surface area contributed by atoms with E-state index in [-0.39, 0.29) is 11.2 Å². The summed E-state index contributed by atoms with van der Waals surface area (Å²) in [5, 5.41) is 10.4. The average Bonchev–Trinajstić information content (AvgIpc) is 2.34. The van der Waals surface area contributed by atoms with Crippen molar-refractivity contribution in [1.82, 2.24) is 4.90 Å². The Kier molecular flexibility index (Phi) is 4.07. The van der Waals surface area contributed by atoms with Gasteiger partial charge in [0.2, 0.25) is 0 Å². The SMILES string of the molecule is COc1ccc(F)cc1CN1CC[C@](C)(O)C(C)(C)C1. The summed E-state index contributed by atoms with van der Waals surface area (Å²) in [6.07, 6.45) is 0.720. The van der Waals surface area contributed by atoms with Gasteiger partial charge in [-0.2, -0.15) is 0 Å². The van der Waals surface area contributed by atoms with Gasteiger partial charge in [0.1, 0.15) is 11.6 Å². The first-order valence-electron chi connectivity index (χ1n) is 7.02. The Bertz CT molecular complexity index is 485. The van der Waals surface area contributed by atoms with E-state index in [1.807, 2.05) is 6.92 Å². The monoisotopic (exact) mass is 281 g/mol. The van der Waals surface area contributed by atoms with Gasteiger partial charge in [0.25, 0.3) is 0 Å². The van der Waals surface area contributed by atoms with Gasteiger partial charge in [-0.25, -0.2) is 4.39 Å². The van der Waals surface area contributed by atoms with Crippen molar-refractivity contribution >= 4 is 0 Å². The fraction of sp³-hybridized carbons (Fsp3) is 0.625. The Labute approximate surface area is 120 Å². The summed E-state index contributed by atoms with van der Waals surface area (Å²) < 4.78 is 18.7. The van der Waals surface area contributed by atoms with E-state index < -0.39 is 5.60 Å². The molecule has 1 atom stereocenters. The molecule has 4 heteroatoms. The van der Waals surface area contributed by atoms with E-state index in [2.05, 4.69) is 18.7 Å². The number of hydrogen-bond acceptors (Lipinski definition) is 3. The summed E-state index contributed by atoms with van der Waals surface area (Å²) >= 11 is 0. The molecule has 3 nitrogen and oxygen atoms in total. The number of piperidine rings is 1. The van der Waals surface area contributed by atoms with Crippen LogP contribution in [-0.4, -0.2) is 35.8 Å². The Morgan fingerprint density at radius 3 is 2.65 bits per heavy atom. The number of hydrogen-bond donors (Lipinski definition) is 1. The molecule has 0 radical (unpaired) electrons. The minimum absolute atomic E-state index is 0.189. The standard InChI is InChI=1S/C16H24FNO2/c1-15(2)11-18(8-7-16(15,3)19)10-12-9-13(17)5-6-14(12)20-4/h5-6,9,19H,7-8,10-11H2,1-4H3/t16-/m0/s1. The Morgan fingerprint density at radius 2 is 2.05 bits per heavy atom. The molecule has 1 aliphatic heterocycles. The van der Waals surface area contributed by atoms with E-state index in [0.29, 0.717) is 12.3 Å². The van der Waals surface area contributed by atoms with E-state index in [1.54, 1.807) is 13.2 Å². The van der Waals surface area contributed by atoms with Crippen molar-refractivity contribution in [2.24, 2.45) is 5.41 Å². The highest BCUT2D eigenvalue weighted by Gasteiger charge is 2.43. The van der Waals surface area contributed by atoms with Gasteiger partial charge in [0.05, 0.1) is 12.7 Å².